The molecule has 1 N–H and O–H groups in total. The average Bonchev–Trinajstić information content (AvgIpc) is 2.16. The summed E-state index contributed by atoms with van der Waals surface area (Å²) in [6, 6.07) is 1.76. The van der Waals surface area contributed by atoms with E-state index in [0.29, 0.717) is 5.88 Å². The number of hydrogen-bond donors (Lipinski definition) is 1. The van der Waals surface area contributed by atoms with Crippen molar-refractivity contribution < 1.29 is 4.74 Å². The maximum absolute atomic E-state index is 5.01. The lowest BCUT2D eigenvalue weighted by Crippen LogP contribution is -2.00. The van der Waals surface area contributed by atoms with Crippen LogP contribution in [0.4, 0.5) is 5.82 Å². The second-order valence-corrected chi connectivity index (χ2v) is 2.32. The molecule has 0 aliphatic rings. The molecule has 66 valence electrons. The van der Waals surface area contributed by atoms with Gasteiger partial charge in [-0.2, -0.15) is 4.98 Å². The van der Waals surface area contributed by atoms with Gasteiger partial charge in [0.1, 0.15) is 11.6 Å². The van der Waals surface area contributed by atoms with Gasteiger partial charge in [0.05, 0.1) is 7.11 Å². The first kappa shape index (κ1) is 8.77. The van der Waals surface area contributed by atoms with Gasteiger partial charge in [-0.1, -0.05) is 6.92 Å². The van der Waals surface area contributed by atoms with E-state index in [-0.39, 0.29) is 0 Å². The number of aromatic nitrogens is 2. The van der Waals surface area contributed by atoms with Crippen LogP contribution in [0.3, 0.4) is 0 Å². The second kappa shape index (κ2) is 3.90. The Bertz CT molecular complexity index is 207. The highest BCUT2D eigenvalue weighted by Crippen LogP contribution is 2.12. The zero-order valence-electron chi connectivity index (χ0n) is 7.59. The van der Waals surface area contributed by atoms with Crippen LogP contribution in [0.5, 0.6) is 5.88 Å². The molecule has 0 fully saturated rings. The quantitative estimate of drug-likeness (QED) is 0.732. The number of anilines is 1. The Morgan fingerprint density at radius 2 is 2.25 bits per heavy atom. The van der Waals surface area contributed by atoms with Gasteiger partial charge in [0.25, 0.3) is 0 Å². The Balaban J connectivity index is 3.01. The van der Waals surface area contributed by atoms with Gasteiger partial charge in [-0.05, 0) is 0 Å². The van der Waals surface area contributed by atoms with Crippen LogP contribution in [0.2, 0.25) is 0 Å². The molecule has 0 aliphatic heterocycles. The van der Waals surface area contributed by atoms with E-state index in [9.17, 15) is 0 Å². The van der Waals surface area contributed by atoms with Crippen LogP contribution < -0.4 is 10.1 Å². The third-order valence-corrected chi connectivity index (χ3v) is 1.53. The molecule has 12 heavy (non-hydrogen) atoms. The predicted molar refractivity (Wildman–Crippen MR) is 47.5 cm³/mol. The van der Waals surface area contributed by atoms with E-state index in [1.807, 2.05) is 14.0 Å². The van der Waals surface area contributed by atoms with Crippen molar-refractivity contribution >= 4 is 5.82 Å². The standard InChI is InChI=1S/C8H13N3O/c1-4-6-10-7(9-2)5-8(11-6)12-3/h5H,4H2,1-3H3,(H,9,10,11). The van der Waals surface area contributed by atoms with Crippen molar-refractivity contribution in [3.05, 3.63) is 11.9 Å². The number of nitrogens with zero attached hydrogens (tertiary/aromatic N) is 2. The Hall–Kier alpha value is -1.32. The Labute approximate surface area is 72.0 Å². The van der Waals surface area contributed by atoms with Crippen molar-refractivity contribution in [2.75, 3.05) is 19.5 Å². The van der Waals surface area contributed by atoms with E-state index >= 15 is 0 Å². The number of methoxy groups -OCH3 is 1. The fourth-order valence-corrected chi connectivity index (χ4v) is 0.863. The molecule has 0 radical (unpaired) electrons. The van der Waals surface area contributed by atoms with E-state index < -0.39 is 0 Å². The molecular formula is C8H13N3O. The second-order valence-electron chi connectivity index (χ2n) is 2.32. The molecule has 0 spiro atoms. The van der Waals surface area contributed by atoms with Gasteiger partial charge in [0.2, 0.25) is 5.88 Å². The van der Waals surface area contributed by atoms with Gasteiger partial charge in [0.15, 0.2) is 0 Å². The number of nitrogens with one attached hydrogen (secondary N) is 1. The highest BCUT2D eigenvalue weighted by atomic mass is 16.5. The SMILES string of the molecule is CCc1nc(NC)cc(OC)n1. The van der Waals surface area contributed by atoms with Gasteiger partial charge < -0.3 is 10.1 Å². The molecule has 4 heteroatoms. The predicted octanol–water partition coefficient (Wildman–Crippen LogP) is 1.09. The minimum Gasteiger partial charge on any atom is -0.481 e. The molecule has 0 amide bonds. The molecule has 1 heterocycles. The number of aryl methyl sites for hydroxylation is 1. The lowest BCUT2D eigenvalue weighted by molar-refractivity contribution is 0.395. The Morgan fingerprint density at radius 1 is 1.50 bits per heavy atom. The van der Waals surface area contributed by atoms with Gasteiger partial charge in [-0.3, -0.25) is 0 Å². The summed E-state index contributed by atoms with van der Waals surface area (Å²) in [5, 5.41) is 2.95. The maximum Gasteiger partial charge on any atom is 0.218 e. The zero-order chi connectivity index (χ0) is 8.97. The van der Waals surface area contributed by atoms with Gasteiger partial charge in [-0.15, -0.1) is 0 Å². The Kier molecular flexibility index (Phi) is 2.85. The van der Waals surface area contributed by atoms with Crippen molar-refractivity contribution in [2.24, 2.45) is 0 Å². The summed E-state index contributed by atoms with van der Waals surface area (Å²) in [4.78, 5) is 8.36. The first-order chi connectivity index (χ1) is 5.80. The van der Waals surface area contributed by atoms with E-state index in [0.717, 1.165) is 18.1 Å². The van der Waals surface area contributed by atoms with Crippen LogP contribution in [0, 0.1) is 0 Å². The summed E-state index contributed by atoms with van der Waals surface area (Å²) in [6.07, 6.45) is 0.811. The molecule has 0 aromatic carbocycles. The Morgan fingerprint density at radius 3 is 2.75 bits per heavy atom. The van der Waals surface area contributed by atoms with Crippen LogP contribution in [0.15, 0.2) is 6.07 Å². The smallest absolute Gasteiger partial charge is 0.218 e. The number of hydrogen-bond acceptors (Lipinski definition) is 4. The molecule has 1 aromatic heterocycles. The molecule has 1 aromatic rings. The van der Waals surface area contributed by atoms with Gasteiger partial charge in [-0.25, -0.2) is 4.98 Å². The third-order valence-electron chi connectivity index (χ3n) is 1.53. The van der Waals surface area contributed by atoms with Crippen molar-refractivity contribution in [3.63, 3.8) is 0 Å². The summed E-state index contributed by atoms with van der Waals surface area (Å²) in [7, 11) is 3.42. The van der Waals surface area contributed by atoms with Crippen molar-refractivity contribution in [1.82, 2.24) is 9.97 Å². The highest BCUT2D eigenvalue weighted by molar-refractivity contribution is 5.37. The van der Waals surface area contributed by atoms with E-state index in [2.05, 4.69) is 15.3 Å². The summed E-state index contributed by atoms with van der Waals surface area (Å²) in [5.41, 5.74) is 0. The van der Waals surface area contributed by atoms with Crippen LogP contribution in [-0.2, 0) is 6.42 Å². The molecule has 0 aliphatic carbocycles. The number of ether oxygens (including phenoxy) is 1. The molecule has 4 nitrogen and oxygen atoms in total. The molecule has 0 atom stereocenters. The molecule has 0 unspecified atom stereocenters. The maximum atomic E-state index is 5.01. The molecule has 0 bridgehead atoms. The molecule has 0 saturated heterocycles. The van der Waals surface area contributed by atoms with Crippen molar-refractivity contribution in [1.29, 1.82) is 0 Å². The molecule has 0 saturated carbocycles. The van der Waals surface area contributed by atoms with Gasteiger partial charge in [0, 0.05) is 19.5 Å². The molecular weight excluding hydrogens is 154 g/mol. The van der Waals surface area contributed by atoms with E-state index in [4.69, 9.17) is 4.74 Å². The first-order valence-electron chi connectivity index (χ1n) is 3.89. The topological polar surface area (TPSA) is 47.0 Å². The largest absolute Gasteiger partial charge is 0.481 e. The third kappa shape index (κ3) is 1.84. The summed E-state index contributed by atoms with van der Waals surface area (Å²) in [5.74, 6) is 2.18. The van der Waals surface area contributed by atoms with Crippen molar-refractivity contribution in [3.8, 4) is 5.88 Å². The summed E-state index contributed by atoms with van der Waals surface area (Å²) < 4.78 is 5.01. The number of rotatable bonds is 3. The fourth-order valence-electron chi connectivity index (χ4n) is 0.863. The lowest BCUT2D eigenvalue weighted by Gasteiger charge is -2.04. The molecule has 1 rings (SSSR count). The highest BCUT2D eigenvalue weighted by Gasteiger charge is 2.00. The van der Waals surface area contributed by atoms with Gasteiger partial charge >= 0.3 is 0 Å². The van der Waals surface area contributed by atoms with Crippen LogP contribution in [0.1, 0.15) is 12.7 Å². The normalized spacial score (nSPS) is 9.58. The van der Waals surface area contributed by atoms with Crippen LogP contribution in [0.25, 0.3) is 0 Å². The van der Waals surface area contributed by atoms with E-state index in [1.54, 1.807) is 13.2 Å². The average molecular weight is 167 g/mol. The zero-order valence-corrected chi connectivity index (χ0v) is 7.59. The van der Waals surface area contributed by atoms with Crippen LogP contribution >= 0.6 is 0 Å². The monoisotopic (exact) mass is 167 g/mol. The van der Waals surface area contributed by atoms with Crippen LogP contribution in [-0.4, -0.2) is 24.1 Å². The minimum absolute atomic E-state index is 0.603. The van der Waals surface area contributed by atoms with E-state index in [1.165, 1.54) is 0 Å². The first-order valence-corrected chi connectivity index (χ1v) is 3.89. The summed E-state index contributed by atoms with van der Waals surface area (Å²) in [6.45, 7) is 2.01. The summed E-state index contributed by atoms with van der Waals surface area (Å²) >= 11 is 0. The minimum atomic E-state index is 0.603. The fraction of sp³-hybridized carbons (Fsp3) is 0.500. The van der Waals surface area contributed by atoms with Crippen molar-refractivity contribution in [2.45, 2.75) is 13.3 Å². The lowest BCUT2D eigenvalue weighted by atomic mass is 10.4.